The highest BCUT2D eigenvalue weighted by Crippen LogP contribution is 2.45. The quantitative estimate of drug-likeness (QED) is 0.876. The van der Waals surface area contributed by atoms with Crippen molar-refractivity contribution in [2.24, 2.45) is 11.7 Å². The fraction of sp³-hybridized carbons (Fsp3) is 0.500. The molecule has 0 bridgehead atoms. The molecule has 0 spiro atoms. The summed E-state index contributed by atoms with van der Waals surface area (Å²) in [6.45, 7) is 2.09. The van der Waals surface area contributed by atoms with Crippen molar-refractivity contribution in [1.82, 2.24) is 0 Å². The second-order valence-corrected chi connectivity index (χ2v) is 5.78. The Bertz CT molecular complexity index is 359. The van der Waals surface area contributed by atoms with Crippen molar-refractivity contribution >= 4 is 27.5 Å². The molecule has 3 heteroatoms. The molecule has 82 valence electrons. The van der Waals surface area contributed by atoms with Crippen LogP contribution in [-0.2, 0) is 0 Å². The third kappa shape index (κ3) is 2.38. The summed E-state index contributed by atoms with van der Waals surface area (Å²) in [5.74, 6) is 1.29. The van der Waals surface area contributed by atoms with Crippen molar-refractivity contribution in [1.29, 1.82) is 0 Å². The summed E-state index contributed by atoms with van der Waals surface area (Å²) in [5.41, 5.74) is 7.13. The summed E-state index contributed by atoms with van der Waals surface area (Å²) in [6.07, 6.45) is 2.36. The van der Waals surface area contributed by atoms with Gasteiger partial charge in [-0.15, -0.1) is 0 Å². The maximum Gasteiger partial charge on any atom is 0.0452 e. The van der Waals surface area contributed by atoms with Gasteiger partial charge in [0.2, 0.25) is 0 Å². The summed E-state index contributed by atoms with van der Waals surface area (Å²) in [7, 11) is 0. The first-order valence-corrected chi connectivity index (χ1v) is 6.45. The van der Waals surface area contributed by atoms with E-state index in [-0.39, 0.29) is 0 Å². The van der Waals surface area contributed by atoms with Gasteiger partial charge in [-0.3, -0.25) is 0 Å². The Labute approximate surface area is 104 Å². The Morgan fingerprint density at radius 1 is 1.47 bits per heavy atom. The molecule has 0 aliphatic heterocycles. The average Bonchev–Trinajstić information content (AvgIpc) is 2.05. The molecule has 0 amide bonds. The molecular weight excluding hydrogens is 273 g/mol. The van der Waals surface area contributed by atoms with Crippen LogP contribution in [0.4, 0.5) is 0 Å². The minimum Gasteiger partial charge on any atom is -0.328 e. The van der Waals surface area contributed by atoms with Crippen LogP contribution in [-0.4, -0.2) is 6.04 Å². The second kappa shape index (κ2) is 4.44. The average molecular weight is 289 g/mol. The van der Waals surface area contributed by atoms with E-state index in [1.807, 2.05) is 6.07 Å². The van der Waals surface area contributed by atoms with E-state index in [1.165, 1.54) is 18.4 Å². The van der Waals surface area contributed by atoms with Gasteiger partial charge in [0.25, 0.3) is 0 Å². The maximum atomic E-state index is 6.20. The van der Waals surface area contributed by atoms with Gasteiger partial charge in [0, 0.05) is 15.5 Å². The Morgan fingerprint density at radius 2 is 2.13 bits per heavy atom. The van der Waals surface area contributed by atoms with Crippen molar-refractivity contribution in [3.8, 4) is 0 Å². The van der Waals surface area contributed by atoms with Crippen molar-refractivity contribution < 1.29 is 0 Å². The van der Waals surface area contributed by atoms with Crippen molar-refractivity contribution in [2.45, 2.75) is 31.7 Å². The Morgan fingerprint density at radius 3 is 2.67 bits per heavy atom. The maximum absolute atomic E-state index is 6.20. The molecule has 1 aliphatic carbocycles. The molecule has 1 atom stereocenters. The summed E-state index contributed by atoms with van der Waals surface area (Å²) in [6, 6.07) is 6.46. The fourth-order valence-corrected chi connectivity index (χ4v) is 3.01. The number of hydrogen-bond acceptors (Lipinski definition) is 1. The molecule has 1 aromatic carbocycles. The van der Waals surface area contributed by atoms with Crippen molar-refractivity contribution in [2.75, 3.05) is 0 Å². The largest absolute Gasteiger partial charge is 0.328 e. The Hall–Kier alpha value is -0.0500. The van der Waals surface area contributed by atoms with Gasteiger partial charge in [-0.25, -0.2) is 0 Å². The number of benzene rings is 1. The van der Waals surface area contributed by atoms with E-state index < -0.39 is 0 Å². The molecule has 1 aliphatic rings. The fourth-order valence-electron chi connectivity index (χ4n) is 2.18. The van der Waals surface area contributed by atoms with Crippen molar-refractivity contribution in [3.63, 3.8) is 0 Å². The van der Waals surface area contributed by atoms with Crippen LogP contribution in [0, 0.1) is 5.92 Å². The van der Waals surface area contributed by atoms with E-state index in [1.54, 1.807) is 0 Å². The minimum absolute atomic E-state index is 0.315. The number of rotatable bonds is 2. The van der Waals surface area contributed by atoms with Crippen LogP contribution in [0.25, 0.3) is 0 Å². The lowest BCUT2D eigenvalue weighted by molar-refractivity contribution is 0.229. The van der Waals surface area contributed by atoms with Gasteiger partial charge in [-0.1, -0.05) is 33.6 Å². The van der Waals surface area contributed by atoms with Crippen LogP contribution in [0.5, 0.6) is 0 Å². The van der Waals surface area contributed by atoms with E-state index in [0.29, 0.717) is 17.9 Å². The smallest absolute Gasteiger partial charge is 0.0452 e. The third-order valence-electron chi connectivity index (χ3n) is 3.32. The molecule has 2 rings (SSSR count). The predicted octanol–water partition coefficient (Wildman–Crippen LogP) is 3.94. The van der Waals surface area contributed by atoms with Gasteiger partial charge in [0.05, 0.1) is 0 Å². The normalized spacial score (nSPS) is 27.2. The van der Waals surface area contributed by atoms with Crippen LogP contribution < -0.4 is 5.73 Å². The molecule has 0 aromatic heterocycles. The molecular formula is C12H15BrClN. The highest BCUT2D eigenvalue weighted by Gasteiger charge is 2.33. The SMILES string of the molecule is CC(N)[C@H]1C[C@@H](c2ccc(Br)cc2Cl)C1. The molecule has 2 N–H and O–H groups in total. The lowest BCUT2D eigenvalue weighted by Crippen LogP contribution is -2.36. The lowest BCUT2D eigenvalue weighted by atomic mass is 9.69. The molecule has 1 unspecified atom stereocenters. The van der Waals surface area contributed by atoms with Gasteiger partial charge < -0.3 is 5.73 Å². The van der Waals surface area contributed by atoms with Gasteiger partial charge in [-0.05, 0) is 49.3 Å². The first-order valence-electron chi connectivity index (χ1n) is 5.28. The molecule has 1 nitrogen and oxygen atoms in total. The predicted molar refractivity (Wildman–Crippen MR) is 68.3 cm³/mol. The zero-order valence-corrected chi connectivity index (χ0v) is 11.1. The molecule has 1 fully saturated rings. The monoisotopic (exact) mass is 287 g/mol. The highest BCUT2D eigenvalue weighted by atomic mass is 79.9. The first-order chi connectivity index (χ1) is 7.08. The topological polar surface area (TPSA) is 26.0 Å². The standard InChI is InChI=1S/C12H15BrClN/c1-7(15)8-4-9(5-8)11-3-2-10(13)6-12(11)14/h2-3,6-9H,4-5,15H2,1H3/t7?,8-,9+. The summed E-state index contributed by atoms with van der Waals surface area (Å²) in [4.78, 5) is 0. The van der Waals surface area contributed by atoms with E-state index in [4.69, 9.17) is 17.3 Å². The zero-order chi connectivity index (χ0) is 11.0. The first kappa shape index (κ1) is 11.4. The number of halogens is 2. The Kier molecular flexibility index (Phi) is 3.39. The van der Waals surface area contributed by atoms with E-state index >= 15 is 0 Å². The van der Waals surface area contributed by atoms with Crippen LogP contribution >= 0.6 is 27.5 Å². The summed E-state index contributed by atoms with van der Waals surface area (Å²) >= 11 is 9.62. The molecule has 0 heterocycles. The van der Waals surface area contributed by atoms with Gasteiger partial charge in [0.1, 0.15) is 0 Å². The van der Waals surface area contributed by atoms with Crippen LogP contribution in [0.2, 0.25) is 5.02 Å². The Balaban J connectivity index is 2.07. The third-order valence-corrected chi connectivity index (χ3v) is 4.14. The summed E-state index contributed by atoms with van der Waals surface area (Å²) < 4.78 is 1.04. The highest BCUT2D eigenvalue weighted by molar-refractivity contribution is 9.10. The molecule has 15 heavy (non-hydrogen) atoms. The van der Waals surface area contributed by atoms with Gasteiger partial charge in [-0.2, -0.15) is 0 Å². The molecule has 0 radical (unpaired) electrons. The number of nitrogens with two attached hydrogens (primary N) is 1. The van der Waals surface area contributed by atoms with Crippen LogP contribution in [0.1, 0.15) is 31.2 Å². The molecule has 1 saturated carbocycles. The zero-order valence-electron chi connectivity index (χ0n) is 8.71. The molecule has 1 aromatic rings. The van der Waals surface area contributed by atoms with Gasteiger partial charge >= 0.3 is 0 Å². The van der Waals surface area contributed by atoms with E-state index in [0.717, 1.165) is 9.50 Å². The van der Waals surface area contributed by atoms with Crippen LogP contribution in [0.3, 0.4) is 0 Å². The lowest BCUT2D eigenvalue weighted by Gasteiger charge is -2.38. The number of hydrogen-bond donors (Lipinski definition) is 1. The van der Waals surface area contributed by atoms with Crippen molar-refractivity contribution in [3.05, 3.63) is 33.3 Å². The van der Waals surface area contributed by atoms with E-state index in [2.05, 4.69) is 35.0 Å². The molecule has 0 saturated heterocycles. The second-order valence-electron chi connectivity index (χ2n) is 4.45. The minimum atomic E-state index is 0.315. The van der Waals surface area contributed by atoms with Crippen LogP contribution in [0.15, 0.2) is 22.7 Å². The summed E-state index contributed by atoms with van der Waals surface area (Å²) in [5, 5.41) is 0.873. The van der Waals surface area contributed by atoms with E-state index in [9.17, 15) is 0 Å². The van der Waals surface area contributed by atoms with Gasteiger partial charge in [0.15, 0.2) is 0 Å².